The van der Waals surface area contributed by atoms with Crippen molar-refractivity contribution in [3.8, 4) is 0 Å². The van der Waals surface area contributed by atoms with Crippen LogP contribution >= 0.6 is 11.3 Å². The molecule has 94 valence electrons. The van der Waals surface area contributed by atoms with E-state index in [-0.39, 0.29) is 0 Å². The van der Waals surface area contributed by atoms with Crippen LogP contribution in [0, 0.1) is 0 Å². The van der Waals surface area contributed by atoms with Crippen molar-refractivity contribution in [2.75, 3.05) is 29.0 Å². The number of hydrogen-bond donors (Lipinski definition) is 2. The van der Waals surface area contributed by atoms with E-state index in [1.165, 1.54) is 24.2 Å². The number of anilines is 4. The Hall–Kier alpha value is -1.89. The van der Waals surface area contributed by atoms with Crippen molar-refractivity contribution in [1.82, 2.24) is 15.0 Å². The first-order valence-corrected chi connectivity index (χ1v) is 6.74. The fraction of sp³-hybridized carbons (Fsp3) is 0.364. The van der Waals surface area contributed by atoms with Crippen LogP contribution in [0.25, 0.3) is 0 Å². The van der Waals surface area contributed by atoms with Gasteiger partial charge in [0.2, 0.25) is 0 Å². The van der Waals surface area contributed by atoms with Crippen LogP contribution < -0.4 is 16.0 Å². The first-order valence-electron chi connectivity index (χ1n) is 5.86. The monoisotopic (exact) mass is 262 g/mol. The molecule has 3 rings (SSSR count). The Labute approximate surface area is 109 Å². The van der Waals surface area contributed by atoms with E-state index in [1.807, 2.05) is 5.38 Å². The zero-order valence-corrected chi connectivity index (χ0v) is 10.7. The van der Waals surface area contributed by atoms with Crippen LogP contribution in [-0.2, 0) is 0 Å². The molecule has 0 unspecified atom stereocenters. The topological polar surface area (TPSA) is 80.0 Å². The van der Waals surface area contributed by atoms with Crippen molar-refractivity contribution in [1.29, 1.82) is 0 Å². The van der Waals surface area contributed by atoms with Crippen LogP contribution in [0.1, 0.15) is 12.8 Å². The predicted octanol–water partition coefficient (Wildman–Crippen LogP) is 1.86. The second-order valence-electron chi connectivity index (χ2n) is 4.12. The first kappa shape index (κ1) is 11.2. The molecule has 0 bridgehead atoms. The maximum atomic E-state index is 6.13. The van der Waals surface area contributed by atoms with Crippen LogP contribution in [-0.4, -0.2) is 28.0 Å². The Kier molecular flexibility index (Phi) is 2.97. The Balaban J connectivity index is 1.88. The molecule has 0 amide bonds. The quantitative estimate of drug-likeness (QED) is 0.879. The van der Waals surface area contributed by atoms with Gasteiger partial charge in [-0.1, -0.05) is 0 Å². The molecule has 0 aromatic carbocycles. The third-order valence-electron chi connectivity index (χ3n) is 2.93. The van der Waals surface area contributed by atoms with Gasteiger partial charge in [-0.25, -0.2) is 15.0 Å². The fourth-order valence-electron chi connectivity index (χ4n) is 2.05. The molecule has 2 aromatic heterocycles. The summed E-state index contributed by atoms with van der Waals surface area (Å²) in [6.07, 6.45) is 5.67. The second-order valence-corrected chi connectivity index (χ2v) is 5.01. The van der Waals surface area contributed by atoms with E-state index in [9.17, 15) is 0 Å². The minimum Gasteiger partial charge on any atom is -0.393 e. The average molecular weight is 262 g/mol. The van der Waals surface area contributed by atoms with Crippen LogP contribution in [0.5, 0.6) is 0 Å². The number of thiazole rings is 1. The average Bonchev–Trinajstić information content (AvgIpc) is 3.04. The van der Waals surface area contributed by atoms with Gasteiger partial charge in [0, 0.05) is 24.7 Å². The summed E-state index contributed by atoms with van der Waals surface area (Å²) in [4.78, 5) is 14.8. The molecule has 1 aliphatic heterocycles. The molecule has 0 aliphatic carbocycles. The van der Waals surface area contributed by atoms with Crippen molar-refractivity contribution in [3.63, 3.8) is 0 Å². The second kappa shape index (κ2) is 4.77. The number of nitrogens with one attached hydrogen (secondary N) is 1. The van der Waals surface area contributed by atoms with E-state index >= 15 is 0 Å². The van der Waals surface area contributed by atoms with Gasteiger partial charge in [0.25, 0.3) is 0 Å². The van der Waals surface area contributed by atoms with Gasteiger partial charge in [0.05, 0.1) is 0 Å². The number of rotatable bonds is 3. The number of aromatic nitrogens is 3. The highest BCUT2D eigenvalue weighted by Gasteiger charge is 2.18. The highest BCUT2D eigenvalue weighted by atomic mass is 32.1. The Morgan fingerprint density at radius 1 is 1.22 bits per heavy atom. The Bertz CT molecular complexity index is 520. The maximum absolute atomic E-state index is 6.13. The van der Waals surface area contributed by atoms with Crippen molar-refractivity contribution in [3.05, 3.63) is 17.9 Å². The zero-order valence-electron chi connectivity index (χ0n) is 9.83. The molecule has 0 spiro atoms. The normalized spacial score (nSPS) is 15.0. The van der Waals surface area contributed by atoms with Gasteiger partial charge in [-0.3, -0.25) is 0 Å². The summed E-state index contributed by atoms with van der Waals surface area (Å²) in [6, 6.07) is 0. The van der Waals surface area contributed by atoms with E-state index in [1.54, 1.807) is 12.5 Å². The molecular weight excluding hydrogens is 248 g/mol. The first-order chi connectivity index (χ1) is 8.84. The lowest BCUT2D eigenvalue weighted by molar-refractivity contribution is 0.931. The van der Waals surface area contributed by atoms with Crippen LogP contribution in [0.2, 0.25) is 0 Å². The molecular formula is C11H14N6S. The van der Waals surface area contributed by atoms with Gasteiger partial charge in [-0.15, -0.1) is 11.3 Å². The molecule has 7 heteroatoms. The van der Waals surface area contributed by atoms with E-state index in [2.05, 4.69) is 25.2 Å². The number of nitrogen functional groups attached to an aromatic ring is 1. The smallest absolute Gasteiger partial charge is 0.188 e. The molecule has 0 atom stereocenters. The molecule has 1 fully saturated rings. The lowest BCUT2D eigenvalue weighted by Crippen LogP contribution is -2.21. The largest absolute Gasteiger partial charge is 0.393 e. The molecule has 1 aliphatic rings. The van der Waals surface area contributed by atoms with Crippen LogP contribution in [0.3, 0.4) is 0 Å². The summed E-state index contributed by atoms with van der Waals surface area (Å²) in [7, 11) is 0. The van der Waals surface area contributed by atoms with Gasteiger partial charge >= 0.3 is 0 Å². The fourth-order valence-corrected chi connectivity index (χ4v) is 2.58. The zero-order chi connectivity index (χ0) is 12.4. The molecule has 0 radical (unpaired) electrons. The van der Waals surface area contributed by atoms with Gasteiger partial charge in [-0.2, -0.15) is 0 Å². The molecule has 0 saturated carbocycles. The van der Waals surface area contributed by atoms with Crippen molar-refractivity contribution in [2.24, 2.45) is 0 Å². The molecule has 6 nitrogen and oxygen atoms in total. The molecule has 2 aromatic rings. The third-order valence-corrected chi connectivity index (χ3v) is 3.61. The molecule has 1 saturated heterocycles. The Morgan fingerprint density at radius 2 is 2.06 bits per heavy atom. The number of nitrogens with zero attached hydrogens (tertiary/aromatic N) is 4. The SMILES string of the molecule is Nc1c(Nc2nccs2)ncnc1N1CCCC1. The predicted molar refractivity (Wildman–Crippen MR) is 73.3 cm³/mol. The van der Waals surface area contributed by atoms with E-state index in [4.69, 9.17) is 5.73 Å². The maximum Gasteiger partial charge on any atom is 0.188 e. The summed E-state index contributed by atoms with van der Waals surface area (Å²) in [6.45, 7) is 2.02. The standard InChI is InChI=1S/C11H14N6S/c12-8-9(16-11-13-3-6-18-11)14-7-15-10(8)17-4-1-2-5-17/h3,6-7H,1-2,4-5,12H2,(H,13,14,15,16). The minimum absolute atomic E-state index is 0.592. The van der Waals surface area contributed by atoms with Gasteiger partial charge in [0.1, 0.15) is 12.0 Å². The summed E-state index contributed by atoms with van der Waals surface area (Å²) >= 11 is 1.51. The van der Waals surface area contributed by atoms with Crippen molar-refractivity contribution in [2.45, 2.75) is 12.8 Å². The van der Waals surface area contributed by atoms with Crippen molar-refractivity contribution < 1.29 is 0 Å². The van der Waals surface area contributed by atoms with Crippen LogP contribution in [0.4, 0.5) is 22.5 Å². The van der Waals surface area contributed by atoms with Gasteiger partial charge in [0.15, 0.2) is 16.8 Å². The van der Waals surface area contributed by atoms with E-state index in [0.717, 1.165) is 24.0 Å². The van der Waals surface area contributed by atoms with E-state index in [0.29, 0.717) is 11.5 Å². The summed E-state index contributed by atoms with van der Waals surface area (Å²) in [5, 5.41) is 5.81. The summed E-state index contributed by atoms with van der Waals surface area (Å²) in [5.41, 5.74) is 6.72. The molecule has 3 heterocycles. The molecule has 3 N–H and O–H groups in total. The highest BCUT2D eigenvalue weighted by Crippen LogP contribution is 2.30. The van der Waals surface area contributed by atoms with Crippen LogP contribution in [0.15, 0.2) is 17.9 Å². The lowest BCUT2D eigenvalue weighted by Gasteiger charge is -2.19. The minimum atomic E-state index is 0.592. The Morgan fingerprint density at radius 3 is 2.78 bits per heavy atom. The number of nitrogens with two attached hydrogens (primary N) is 1. The van der Waals surface area contributed by atoms with Crippen molar-refractivity contribution >= 4 is 33.8 Å². The number of hydrogen-bond acceptors (Lipinski definition) is 7. The van der Waals surface area contributed by atoms with E-state index < -0.39 is 0 Å². The van der Waals surface area contributed by atoms with Gasteiger partial charge < -0.3 is 16.0 Å². The van der Waals surface area contributed by atoms with Gasteiger partial charge in [-0.05, 0) is 12.8 Å². The highest BCUT2D eigenvalue weighted by molar-refractivity contribution is 7.13. The third kappa shape index (κ3) is 2.08. The summed E-state index contributed by atoms with van der Waals surface area (Å²) < 4.78 is 0. The molecule has 18 heavy (non-hydrogen) atoms. The lowest BCUT2D eigenvalue weighted by atomic mass is 10.4. The summed E-state index contributed by atoms with van der Waals surface area (Å²) in [5.74, 6) is 1.45.